The second kappa shape index (κ2) is 10.1. The summed E-state index contributed by atoms with van der Waals surface area (Å²) in [6.07, 6.45) is 6.08. The topological polar surface area (TPSA) is 57.0 Å². The van der Waals surface area contributed by atoms with Crippen LogP contribution in [0.4, 0.5) is 5.69 Å². The Morgan fingerprint density at radius 1 is 0.759 bits per heavy atom. The molecule has 152 valence electrons. The predicted octanol–water partition coefficient (Wildman–Crippen LogP) is 6.45. The van der Waals surface area contributed by atoms with E-state index in [9.17, 15) is 0 Å². The fourth-order valence-corrected chi connectivity index (χ4v) is 3.66. The summed E-state index contributed by atoms with van der Waals surface area (Å²) in [4.78, 5) is 0. The largest absolute Gasteiger partial charge is 0.399 e. The summed E-state index contributed by atoms with van der Waals surface area (Å²) in [6.45, 7) is 5.13. The van der Waals surface area contributed by atoms with E-state index in [1.165, 1.54) is 46.6 Å². The Morgan fingerprint density at radius 2 is 1.45 bits per heavy atom. The first-order valence-corrected chi connectivity index (χ1v) is 10.8. The van der Waals surface area contributed by atoms with E-state index in [2.05, 4.69) is 73.0 Å². The third-order valence-electron chi connectivity index (χ3n) is 5.25. The number of aromatic nitrogens is 1. The van der Waals surface area contributed by atoms with Crippen molar-refractivity contribution >= 4 is 27.5 Å². The number of benzene rings is 3. The van der Waals surface area contributed by atoms with Gasteiger partial charge in [0, 0.05) is 22.1 Å². The molecule has 0 amide bonds. The van der Waals surface area contributed by atoms with Crippen LogP contribution in [0.5, 0.6) is 0 Å². The molecule has 0 saturated carbocycles. The minimum Gasteiger partial charge on any atom is -0.399 e. The fraction of sp³-hybridized carbons (Fsp3) is 0.308. The third kappa shape index (κ3) is 4.80. The molecule has 0 saturated heterocycles. The van der Waals surface area contributed by atoms with Gasteiger partial charge < -0.3 is 16.0 Å². The first kappa shape index (κ1) is 20.9. The molecule has 0 aliphatic carbocycles. The maximum atomic E-state index is 5.87. The Kier molecular flexibility index (Phi) is 7.31. The van der Waals surface area contributed by atoms with Crippen molar-refractivity contribution in [3.8, 4) is 5.69 Å². The summed E-state index contributed by atoms with van der Waals surface area (Å²) in [6, 6.07) is 23.7. The zero-order valence-corrected chi connectivity index (χ0v) is 17.7. The number of nitrogens with zero attached hydrogens (tertiary/aromatic N) is 1. The standard InChI is InChI=1S/C23H24N2.C3H9N/c1-2-3-4-7-17-10-15-23-21(16-17)20-8-5-6-9-22(20)25(23)19-13-11-18(24)12-14-19;1-2-3-4/h5-6,8-16H,2-4,7,24H2,1H3;2-4H2,1H3. The fourth-order valence-electron chi connectivity index (χ4n) is 3.66. The molecular weight excluding hydrogens is 354 g/mol. The highest BCUT2D eigenvalue weighted by atomic mass is 15.0. The van der Waals surface area contributed by atoms with Gasteiger partial charge in [0.15, 0.2) is 0 Å². The van der Waals surface area contributed by atoms with Gasteiger partial charge in [0.25, 0.3) is 0 Å². The summed E-state index contributed by atoms with van der Waals surface area (Å²) in [7, 11) is 0. The number of fused-ring (bicyclic) bond motifs is 3. The maximum Gasteiger partial charge on any atom is 0.0541 e. The summed E-state index contributed by atoms with van der Waals surface area (Å²) >= 11 is 0. The summed E-state index contributed by atoms with van der Waals surface area (Å²) in [5.41, 5.74) is 16.8. The van der Waals surface area contributed by atoms with Gasteiger partial charge in [0.05, 0.1) is 11.0 Å². The van der Waals surface area contributed by atoms with Crippen molar-refractivity contribution < 1.29 is 0 Å². The molecule has 0 radical (unpaired) electrons. The highest BCUT2D eigenvalue weighted by Crippen LogP contribution is 2.33. The SMILES string of the molecule is CCCCCc1ccc2c(c1)c1ccccc1n2-c1ccc(N)cc1.CCCN. The van der Waals surface area contributed by atoms with Gasteiger partial charge in [-0.1, -0.05) is 51.0 Å². The Labute approximate surface area is 174 Å². The molecule has 1 aromatic heterocycles. The van der Waals surface area contributed by atoms with Gasteiger partial charge >= 0.3 is 0 Å². The lowest BCUT2D eigenvalue weighted by Crippen LogP contribution is -1.94. The van der Waals surface area contributed by atoms with E-state index in [1.54, 1.807) is 0 Å². The molecule has 0 bridgehead atoms. The van der Waals surface area contributed by atoms with Crippen molar-refractivity contribution in [2.45, 2.75) is 46.0 Å². The highest BCUT2D eigenvalue weighted by molar-refractivity contribution is 6.09. The van der Waals surface area contributed by atoms with Crippen LogP contribution in [-0.4, -0.2) is 11.1 Å². The van der Waals surface area contributed by atoms with Crippen LogP contribution >= 0.6 is 0 Å². The monoisotopic (exact) mass is 387 g/mol. The van der Waals surface area contributed by atoms with Crippen molar-refractivity contribution in [3.05, 3.63) is 72.3 Å². The summed E-state index contributed by atoms with van der Waals surface area (Å²) < 4.78 is 2.33. The van der Waals surface area contributed by atoms with E-state index in [0.717, 1.165) is 30.8 Å². The molecule has 4 rings (SSSR count). The Balaban J connectivity index is 0.000000552. The van der Waals surface area contributed by atoms with Gasteiger partial charge in [-0.3, -0.25) is 0 Å². The zero-order chi connectivity index (χ0) is 20.6. The lowest BCUT2D eigenvalue weighted by Gasteiger charge is -2.08. The normalized spacial score (nSPS) is 10.9. The van der Waals surface area contributed by atoms with Crippen LogP contribution in [0.2, 0.25) is 0 Å². The maximum absolute atomic E-state index is 5.87. The first-order chi connectivity index (χ1) is 14.2. The number of hydrogen-bond acceptors (Lipinski definition) is 2. The minimum absolute atomic E-state index is 0.794. The van der Waals surface area contributed by atoms with Crippen molar-refractivity contribution in [2.24, 2.45) is 5.73 Å². The van der Waals surface area contributed by atoms with Crippen LogP contribution in [0.15, 0.2) is 66.7 Å². The number of para-hydroxylation sites is 1. The van der Waals surface area contributed by atoms with Crippen molar-refractivity contribution in [2.75, 3.05) is 12.3 Å². The quantitative estimate of drug-likeness (QED) is 0.295. The molecule has 3 aromatic carbocycles. The minimum atomic E-state index is 0.794. The first-order valence-electron chi connectivity index (χ1n) is 10.8. The molecule has 0 atom stereocenters. The number of rotatable bonds is 6. The predicted molar refractivity (Wildman–Crippen MR) is 128 cm³/mol. The van der Waals surface area contributed by atoms with Gasteiger partial charge in [-0.25, -0.2) is 0 Å². The molecule has 0 unspecified atom stereocenters. The summed E-state index contributed by atoms with van der Waals surface area (Å²) in [5.74, 6) is 0. The molecule has 3 nitrogen and oxygen atoms in total. The molecule has 29 heavy (non-hydrogen) atoms. The van der Waals surface area contributed by atoms with E-state index >= 15 is 0 Å². The zero-order valence-electron chi connectivity index (χ0n) is 17.7. The van der Waals surface area contributed by atoms with Crippen molar-refractivity contribution in [1.29, 1.82) is 0 Å². The molecule has 1 heterocycles. The number of nitrogens with two attached hydrogens (primary N) is 2. The lowest BCUT2D eigenvalue weighted by atomic mass is 10.0. The average molecular weight is 388 g/mol. The van der Waals surface area contributed by atoms with Crippen LogP contribution in [0.3, 0.4) is 0 Å². The molecule has 3 heteroatoms. The molecule has 0 aliphatic heterocycles. The molecule has 0 fully saturated rings. The molecule has 4 N–H and O–H groups in total. The highest BCUT2D eigenvalue weighted by Gasteiger charge is 2.12. The lowest BCUT2D eigenvalue weighted by molar-refractivity contribution is 0.718. The third-order valence-corrected chi connectivity index (χ3v) is 5.25. The van der Waals surface area contributed by atoms with Gasteiger partial charge in [-0.2, -0.15) is 0 Å². The van der Waals surface area contributed by atoms with E-state index in [-0.39, 0.29) is 0 Å². The van der Waals surface area contributed by atoms with E-state index < -0.39 is 0 Å². The Bertz CT molecular complexity index is 1040. The van der Waals surface area contributed by atoms with Crippen LogP contribution in [-0.2, 0) is 6.42 Å². The number of anilines is 1. The molecule has 4 aromatic rings. The van der Waals surface area contributed by atoms with Gasteiger partial charge in [0.1, 0.15) is 0 Å². The van der Waals surface area contributed by atoms with Gasteiger partial charge in [0.2, 0.25) is 0 Å². The van der Waals surface area contributed by atoms with Crippen LogP contribution in [0, 0.1) is 0 Å². The van der Waals surface area contributed by atoms with E-state index in [4.69, 9.17) is 11.5 Å². The average Bonchev–Trinajstić information content (AvgIpc) is 3.09. The Morgan fingerprint density at radius 3 is 2.14 bits per heavy atom. The molecular formula is C26H33N3. The van der Waals surface area contributed by atoms with Crippen LogP contribution in [0.1, 0.15) is 45.1 Å². The van der Waals surface area contributed by atoms with Crippen molar-refractivity contribution in [1.82, 2.24) is 4.57 Å². The molecule has 0 spiro atoms. The Hall–Kier alpha value is -2.78. The second-order valence-corrected chi connectivity index (χ2v) is 7.54. The van der Waals surface area contributed by atoms with Crippen molar-refractivity contribution in [3.63, 3.8) is 0 Å². The smallest absolute Gasteiger partial charge is 0.0541 e. The number of hydrogen-bond donors (Lipinski definition) is 2. The van der Waals surface area contributed by atoms with Crippen LogP contribution in [0.25, 0.3) is 27.5 Å². The number of aryl methyl sites for hydroxylation is 1. The van der Waals surface area contributed by atoms with E-state index in [0.29, 0.717) is 0 Å². The van der Waals surface area contributed by atoms with Crippen LogP contribution < -0.4 is 11.5 Å². The molecule has 0 aliphatic rings. The second-order valence-electron chi connectivity index (χ2n) is 7.54. The van der Waals surface area contributed by atoms with Gasteiger partial charge in [-0.05, 0) is 73.8 Å². The number of nitrogen functional groups attached to an aromatic ring is 1. The van der Waals surface area contributed by atoms with E-state index in [1.807, 2.05) is 12.1 Å². The van der Waals surface area contributed by atoms with Gasteiger partial charge in [-0.15, -0.1) is 0 Å². The number of unbranched alkanes of at least 4 members (excludes halogenated alkanes) is 2. The summed E-state index contributed by atoms with van der Waals surface area (Å²) in [5, 5.41) is 2.65.